The van der Waals surface area contributed by atoms with Crippen molar-refractivity contribution in [3.8, 4) is 17.2 Å². The average molecular weight is 297 g/mol. The molecule has 1 atom stereocenters. The van der Waals surface area contributed by atoms with Gasteiger partial charge in [-0.2, -0.15) is 0 Å². The molecular weight excluding hydrogens is 278 g/mol. The van der Waals surface area contributed by atoms with Gasteiger partial charge >= 0.3 is 0 Å². The highest BCUT2D eigenvalue weighted by Crippen LogP contribution is 2.42. The molecular formula is C18H19NO3. The van der Waals surface area contributed by atoms with Crippen molar-refractivity contribution < 1.29 is 14.9 Å². The normalized spacial score (nSPS) is 20.0. The lowest BCUT2D eigenvalue weighted by atomic mass is 9.84. The van der Waals surface area contributed by atoms with Crippen molar-refractivity contribution >= 4 is 0 Å². The Labute approximate surface area is 129 Å². The zero-order chi connectivity index (χ0) is 15.3. The van der Waals surface area contributed by atoms with Crippen LogP contribution in [0.25, 0.3) is 0 Å². The molecule has 4 rings (SSSR count). The monoisotopic (exact) mass is 297 g/mol. The summed E-state index contributed by atoms with van der Waals surface area (Å²) in [6.07, 6.45) is 1.81. The number of fused-ring (bicyclic) bond motifs is 4. The van der Waals surface area contributed by atoms with Gasteiger partial charge in [-0.3, -0.25) is 4.90 Å². The van der Waals surface area contributed by atoms with Crippen LogP contribution in [0.5, 0.6) is 17.2 Å². The van der Waals surface area contributed by atoms with Gasteiger partial charge in [-0.1, -0.05) is 6.07 Å². The first-order chi connectivity index (χ1) is 10.7. The first kappa shape index (κ1) is 13.5. The van der Waals surface area contributed by atoms with Gasteiger partial charge in [0.05, 0.1) is 7.11 Å². The van der Waals surface area contributed by atoms with Crippen LogP contribution in [0, 0.1) is 0 Å². The maximum Gasteiger partial charge on any atom is 0.157 e. The van der Waals surface area contributed by atoms with Gasteiger partial charge in [0.15, 0.2) is 11.5 Å². The van der Waals surface area contributed by atoms with Crippen molar-refractivity contribution in [3.63, 3.8) is 0 Å². The molecule has 4 nitrogen and oxygen atoms in total. The fourth-order valence-electron chi connectivity index (χ4n) is 3.71. The minimum Gasteiger partial charge on any atom is -0.504 e. The number of nitrogens with zero attached hydrogens (tertiary/aromatic N) is 1. The third-order valence-corrected chi connectivity index (χ3v) is 4.90. The van der Waals surface area contributed by atoms with E-state index in [0.717, 1.165) is 42.8 Å². The summed E-state index contributed by atoms with van der Waals surface area (Å²) in [5.74, 6) is 0.832. The second-order valence-electron chi connectivity index (χ2n) is 6.11. The van der Waals surface area contributed by atoms with E-state index in [4.69, 9.17) is 4.74 Å². The Morgan fingerprint density at radius 2 is 1.86 bits per heavy atom. The molecule has 0 saturated carbocycles. The minimum absolute atomic E-state index is 0.0231. The van der Waals surface area contributed by atoms with Gasteiger partial charge < -0.3 is 14.9 Å². The Hall–Kier alpha value is -2.20. The summed E-state index contributed by atoms with van der Waals surface area (Å²) in [6.45, 7) is 1.90. The third-order valence-electron chi connectivity index (χ3n) is 4.90. The van der Waals surface area contributed by atoms with E-state index in [2.05, 4.69) is 17.0 Å². The largest absolute Gasteiger partial charge is 0.504 e. The molecule has 2 N–H and O–H groups in total. The van der Waals surface area contributed by atoms with E-state index in [1.165, 1.54) is 11.1 Å². The van der Waals surface area contributed by atoms with Crippen LogP contribution in [0.4, 0.5) is 0 Å². The van der Waals surface area contributed by atoms with E-state index < -0.39 is 0 Å². The molecule has 0 saturated heterocycles. The first-order valence-corrected chi connectivity index (χ1v) is 7.60. The zero-order valence-corrected chi connectivity index (χ0v) is 12.5. The topological polar surface area (TPSA) is 52.9 Å². The van der Waals surface area contributed by atoms with Gasteiger partial charge in [-0.15, -0.1) is 0 Å². The maximum atomic E-state index is 9.85. The highest BCUT2D eigenvalue weighted by atomic mass is 16.5. The van der Waals surface area contributed by atoms with Gasteiger partial charge in [0, 0.05) is 19.1 Å². The summed E-state index contributed by atoms with van der Waals surface area (Å²) in [5, 5.41) is 19.6. The molecule has 2 aliphatic heterocycles. The molecule has 22 heavy (non-hydrogen) atoms. The molecule has 2 aromatic rings. The Balaban J connectivity index is 1.76. The van der Waals surface area contributed by atoms with Crippen LogP contribution in [0.15, 0.2) is 30.3 Å². The summed E-state index contributed by atoms with van der Waals surface area (Å²) < 4.78 is 5.33. The van der Waals surface area contributed by atoms with E-state index in [0.29, 0.717) is 0 Å². The predicted octanol–water partition coefficient (Wildman–Crippen LogP) is 2.76. The van der Waals surface area contributed by atoms with Crippen LogP contribution in [0.3, 0.4) is 0 Å². The molecule has 2 aliphatic rings. The molecule has 0 aliphatic carbocycles. The summed E-state index contributed by atoms with van der Waals surface area (Å²) in [5.41, 5.74) is 4.93. The highest BCUT2D eigenvalue weighted by molar-refractivity contribution is 5.49. The minimum atomic E-state index is -0.0305. The Morgan fingerprint density at radius 1 is 1.05 bits per heavy atom. The van der Waals surface area contributed by atoms with Crippen LogP contribution in [-0.4, -0.2) is 28.8 Å². The van der Waals surface area contributed by atoms with E-state index in [1.54, 1.807) is 19.2 Å². The fraction of sp³-hybridized carbons (Fsp3) is 0.333. The standard InChI is InChI=1S/C18H19NO3/c1-22-14-3-2-12-10-19-5-4-11-8-17(20)18(21)9-15(11)16(19)7-13(12)6-14/h2-3,6,8-9,16,20-21H,4-5,7,10H2,1H3. The number of rotatable bonds is 1. The molecule has 2 aromatic carbocycles. The third kappa shape index (κ3) is 2.03. The molecule has 1 unspecified atom stereocenters. The molecule has 0 radical (unpaired) electrons. The molecule has 2 heterocycles. The highest BCUT2D eigenvalue weighted by Gasteiger charge is 2.32. The molecule has 0 fully saturated rings. The van der Waals surface area contributed by atoms with Gasteiger partial charge in [0.2, 0.25) is 0 Å². The zero-order valence-electron chi connectivity index (χ0n) is 12.5. The van der Waals surface area contributed by atoms with Crippen molar-refractivity contribution in [3.05, 3.63) is 52.6 Å². The van der Waals surface area contributed by atoms with Crippen molar-refractivity contribution in [2.45, 2.75) is 25.4 Å². The smallest absolute Gasteiger partial charge is 0.157 e. The second-order valence-corrected chi connectivity index (χ2v) is 6.11. The average Bonchev–Trinajstić information content (AvgIpc) is 2.54. The van der Waals surface area contributed by atoms with E-state index in [-0.39, 0.29) is 17.5 Å². The Kier molecular flexibility index (Phi) is 3.01. The molecule has 0 bridgehead atoms. The van der Waals surface area contributed by atoms with Crippen molar-refractivity contribution in [1.82, 2.24) is 4.90 Å². The second kappa shape index (κ2) is 4.92. The Morgan fingerprint density at radius 3 is 2.68 bits per heavy atom. The van der Waals surface area contributed by atoms with Crippen LogP contribution >= 0.6 is 0 Å². The lowest BCUT2D eigenvalue weighted by molar-refractivity contribution is 0.160. The lowest BCUT2D eigenvalue weighted by Crippen LogP contribution is -2.39. The lowest BCUT2D eigenvalue weighted by Gasteiger charge is -2.41. The summed E-state index contributed by atoms with van der Waals surface area (Å²) >= 11 is 0. The maximum absolute atomic E-state index is 9.85. The number of ether oxygens (including phenoxy) is 1. The molecule has 4 heteroatoms. The number of methoxy groups -OCH3 is 1. The van der Waals surface area contributed by atoms with E-state index in [9.17, 15) is 10.2 Å². The number of hydrogen-bond acceptors (Lipinski definition) is 4. The summed E-state index contributed by atoms with van der Waals surface area (Å²) in [6, 6.07) is 9.97. The van der Waals surface area contributed by atoms with Crippen LogP contribution < -0.4 is 4.74 Å². The van der Waals surface area contributed by atoms with Gasteiger partial charge in [0.25, 0.3) is 0 Å². The fourth-order valence-corrected chi connectivity index (χ4v) is 3.71. The van der Waals surface area contributed by atoms with Crippen LogP contribution in [0.2, 0.25) is 0 Å². The molecule has 0 spiro atoms. The van der Waals surface area contributed by atoms with Crippen molar-refractivity contribution in [2.75, 3.05) is 13.7 Å². The van der Waals surface area contributed by atoms with Gasteiger partial charge in [0.1, 0.15) is 5.75 Å². The van der Waals surface area contributed by atoms with Gasteiger partial charge in [-0.05, 0) is 59.4 Å². The van der Waals surface area contributed by atoms with Crippen molar-refractivity contribution in [1.29, 1.82) is 0 Å². The molecule has 114 valence electrons. The van der Waals surface area contributed by atoms with Crippen molar-refractivity contribution in [2.24, 2.45) is 0 Å². The number of phenols is 2. The Bertz CT molecular complexity index is 741. The number of benzene rings is 2. The van der Waals surface area contributed by atoms with Crippen LogP contribution in [0.1, 0.15) is 28.3 Å². The number of aromatic hydroxyl groups is 2. The SMILES string of the molecule is COc1ccc2c(c1)CC1c3cc(O)c(O)cc3CCN1C2. The van der Waals surface area contributed by atoms with Crippen LogP contribution in [-0.2, 0) is 19.4 Å². The summed E-state index contributed by atoms with van der Waals surface area (Å²) in [7, 11) is 1.69. The quantitative estimate of drug-likeness (QED) is 0.795. The van der Waals surface area contributed by atoms with Gasteiger partial charge in [-0.25, -0.2) is 0 Å². The van der Waals surface area contributed by atoms with E-state index >= 15 is 0 Å². The van der Waals surface area contributed by atoms with E-state index in [1.807, 2.05) is 6.07 Å². The predicted molar refractivity (Wildman–Crippen MR) is 83.3 cm³/mol. The first-order valence-electron chi connectivity index (χ1n) is 7.60. The molecule has 0 amide bonds. The number of phenolic OH excluding ortho intramolecular Hbond substituents is 2. The number of hydrogen-bond donors (Lipinski definition) is 2. The summed E-state index contributed by atoms with van der Waals surface area (Å²) in [4.78, 5) is 2.45. The molecule has 0 aromatic heterocycles.